The average molecular weight is 326 g/mol. The second-order valence-electron chi connectivity index (χ2n) is 4.22. The SMILES string of the molecule is C=C[C@H](c1c(F)ccc(Cl)c1Cl)N1CCNCC1.Cl. The second kappa shape index (κ2) is 7.46. The number of rotatable bonds is 3. The molecule has 2 rings (SSSR count). The van der Waals surface area contributed by atoms with Crippen LogP contribution in [-0.2, 0) is 0 Å². The normalized spacial score (nSPS) is 17.6. The van der Waals surface area contributed by atoms with Gasteiger partial charge in [-0.3, -0.25) is 4.90 Å². The molecule has 0 amide bonds. The van der Waals surface area contributed by atoms with E-state index in [9.17, 15) is 4.39 Å². The van der Waals surface area contributed by atoms with Crippen LogP contribution in [0.5, 0.6) is 0 Å². The summed E-state index contributed by atoms with van der Waals surface area (Å²) in [5.41, 5.74) is 0.418. The van der Waals surface area contributed by atoms with Crippen LogP contribution in [0.15, 0.2) is 24.8 Å². The Morgan fingerprint density at radius 3 is 2.53 bits per heavy atom. The molecule has 1 heterocycles. The van der Waals surface area contributed by atoms with Gasteiger partial charge >= 0.3 is 0 Å². The Bertz CT molecular complexity index is 448. The number of hydrogen-bond acceptors (Lipinski definition) is 2. The molecule has 19 heavy (non-hydrogen) atoms. The van der Waals surface area contributed by atoms with Gasteiger partial charge < -0.3 is 5.32 Å². The maximum atomic E-state index is 14.0. The van der Waals surface area contributed by atoms with Crippen LogP contribution in [0.2, 0.25) is 10.0 Å². The molecule has 0 radical (unpaired) electrons. The summed E-state index contributed by atoms with van der Waals surface area (Å²) in [5.74, 6) is -0.340. The standard InChI is InChI=1S/C13H15Cl2FN2.ClH/c1-2-11(18-7-5-17-6-8-18)12-10(16)4-3-9(14)13(12)15;/h2-4,11,17H,1,5-8H2;1H/t11-;/m1./s1. The lowest BCUT2D eigenvalue weighted by Gasteiger charge is -2.34. The molecule has 0 unspecified atom stereocenters. The van der Waals surface area contributed by atoms with Gasteiger partial charge in [0.1, 0.15) is 5.82 Å². The van der Waals surface area contributed by atoms with Crippen LogP contribution in [0, 0.1) is 5.82 Å². The fourth-order valence-corrected chi connectivity index (χ4v) is 2.65. The topological polar surface area (TPSA) is 15.3 Å². The number of piperazine rings is 1. The van der Waals surface area contributed by atoms with Crippen molar-refractivity contribution < 1.29 is 4.39 Å². The lowest BCUT2D eigenvalue weighted by Crippen LogP contribution is -2.44. The average Bonchev–Trinajstić information content (AvgIpc) is 2.40. The molecule has 1 aromatic carbocycles. The maximum absolute atomic E-state index is 14.0. The maximum Gasteiger partial charge on any atom is 0.129 e. The van der Waals surface area contributed by atoms with Gasteiger partial charge in [-0.05, 0) is 12.1 Å². The Balaban J connectivity index is 0.00000180. The van der Waals surface area contributed by atoms with E-state index in [1.54, 1.807) is 6.08 Å². The molecule has 0 bridgehead atoms. The summed E-state index contributed by atoms with van der Waals surface area (Å²) in [6, 6.07) is 2.58. The summed E-state index contributed by atoms with van der Waals surface area (Å²) in [5, 5.41) is 3.91. The summed E-state index contributed by atoms with van der Waals surface area (Å²) in [7, 11) is 0. The first-order valence-corrected chi connectivity index (χ1v) is 6.61. The van der Waals surface area contributed by atoms with Crippen LogP contribution >= 0.6 is 35.6 Å². The first-order valence-electron chi connectivity index (χ1n) is 5.86. The second-order valence-corrected chi connectivity index (χ2v) is 5.01. The van der Waals surface area contributed by atoms with Crippen LogP contribution in [0.1, 0.15) is 11.6 Å². The van der Waals surface area contributed by atoms with E-state index >= 15 is 0 Å². The van der Waals surface area contributed by atoms with Gasteiger partial charge in [-0.15, -0.1) is 19.0 Å². The van der Waals surface area contributed by atoms with Gasteiger partial charge in [-0.1, -0.05) is 29.3 Å². The van der Waals surface area contributed by atoms with Crippen LogP contribution in [0.3, 0.4) is 0 Å². The van der Waals surface area contributed by atoms with E-state index in [1.165, 1.54) is 12.1 Å². The first-order chi connectivity index (χ1) is 8.65. The van der Waals surface area contributed by atoms with Gasteiger partial charge in [0.2, 0.25) is 0 Å². The molecular formula is C13H16Cl3FN2. The highest BCUT2D eigenvalue weighted by molar-refractivity contribution is 6.42. The number of nitrogens with one attached hydrogen (secondary N) is 1. The highest BCUT2D eigenvalue weighted by atomic mass is 35.5. The molecule has 6 heteroatoms. The van der Waals surface area contributed by atoms with Crippen LogP contribution < -0.4 is 5.32 Å². The zero-order valence-electron chi connectivity index (χ0n) is 10.3. The quantitative estimate of drug-likeness (QED) is 0.673. The summed E-state index contributed by atoms with van der Waals surface area (Å²) in [6.45, 7) is 7.22. The van der Waals surface area contributed by atoms with Gasteiger partial charge in [0.25, 0.3) is 0 Å². The Morgan fingerprint density at radius 1 is 1.32 bits per heavy atom. The fourth-order valence-electron chi connectivity index (χ4n) is 2.22. The minimum Gasteiger partial charge on any atom is -0.314 e. The molecule has 106 valence electrons. The smallest absolute Gasteiger partial charge is 0.129 e. The van der Waals surface area contributed by atoms with E-state index in [4.69, 9.17) is 23.2 Å². The summed E-state index contributed by atoms with van der Waals surface area (Å²) < 4.78 is 14.0. The minimum atomic E-state index is -0.340. The molecule has 1 fully saturated rings. The van der Waals surface area contributed by atoms with Crippen molar-refractivity contribution in [3.05, 3.63) is 46.2 Å². The van der Waals surface area contributed by atoms with Crippen molar-refractivity contribution in [2.24, 2.45) is 0 Å². The largest absolute Gasteiger partial charge is 0.314 e. The minimum absolute atomic E-state index is 0. The third-order valence-corrected chi connectivity index (χ3v) is 3.96. The van der Waals surface area contributed by atoms with E-state index in [1.807, 2.05) is 0 Å². The van der Waals surface area contributed by atoms with Crippen molar-refractivity contribution in [3.8, 4) is 0 Å². The van der Waals surface area contributed by atoms with E-state index in [0.29, 0.717) is 10.6 Å². The fraction of sp³-hybridized carbons (Fsp3) is 0.385. The van der Waals surface area contributed by atoms with Gasteiger partial charge in [-0.25, -0.2) is 4.39 Å². The Morgan fingerprint density at radius 2 is 1.95 bits per heavy atom. The molecule has 0 aromatic heterocycles. The number of halogens is 4. The zero-order valence-corrected chi connectivity index (χ0v) is 12.7. The number of nitrogens with zero attached hydrogens (tertiary/aromatic N) is 1. The molecule has 2 nitrogen and oxygen atoms in total. The predicted octanol–water partition coefficient (Wildman–Crippen LogP) is 3.69. The van der Waals surface area contributed by atoms with Crippen molar-refractivity contribution in [2.75, 3.05) is 26.2 Å². The monoisotopic (exact) mass is 324 g/mol. The van der Waals surface area contributed by atoms with Crippen molar-refractivity contribution in [1.29, 1.82) is 0 Å². The van der Waals surface area contributed by atoms with E-state index in [-0.39, 0.29) is 29.3 Å². The molecule has 1 aromatic rings. The van der Waals surface area contributed by atoms with Crippen LogP contribution in [0.25, 0.3) is 0 Å². The van der Waals surface area contributed by atoms with Crippen molar-refractivity contribution >= 4 is 35.6 Å². The molecule has 1 aliphatic rings. The van der Waals surface area contributed by atoms with Crippen molar-refractivity contribution in [1.82, 2.24) is 10.2 Å². The zero-order chi connectivity index (χ0) is 13.1. The number of hydrogen-bond donors (Lipinski definition) is 1. The molecular weight excluding hydrogens is 310 g/mol. The van der Waals surface area contributed by atoms with Crippen molar-refractivity contribution in [2.45, 2.75) is 6.04 Å². The van der Waals surface area contributed by atoms with Gasteiger partial charge in [0.15, 0.2) is 0 Å². The van der Waals surface area contributed by atoms with Gasteiger partial charge in [0, 0.05) is 31.7 Å². The summed E-state index contributed by atoms with van der Waals surface area (Å²) >= 11 is 12.1. The van der Waals surface area contributed by atoms with E-state index in [2.05, 4.69) is 16.8 Å². The van der Waals surface area contributed by atoms with E-state index < -0.39 is 0 Å². The molecule has 0 saturated carbocycles. The van der Waals surface area contributed by atoms with Crippen LogP contribution in [0.4, 0.5) is 4.39 Å². The highest BCUT2D eigenvalue weighted by Gasteiger charge is 2.25. The third kappa shape index (κ3) is 3.61. The summed E-state index contributed by atoms with van der Waals surface area (Å²) in [4.78, 5) is 2.14. The van der Waals surface area contributed by atoms with E-state index in [0.717, 1.165) is 26.2 Å². The first kappa shape index (κ1) is 16.7. The third-order valence-electron chi connectivity index (χ3n) is 3.14. The molecule has 0 aliphatic carbocycles. The van der Waals surface area contributed by atoms with Gasteiger partial charge in [-0.2, -0.15) is 0 Å². The Kier molecular flexibility index (Phi) is 6.57. The summed E-state index contributed by atoms with van der Waals surface area (Å²) in [6.07, 6.45) is 1.71. The molecule has 1 saturated heterocycles. The lowest BCUT2D eigenvalue weighted by atomic mass is 10.0. The lowest BCUT2D eigenvalue weighted by molar-refractivity contribution is 0.200. The van der Waals surface area contributed by atoms with Crippen LogP contribution in [-0.4, -0.2) is 31.1 Å². The van der Waals surface area contributed by atoms with Crippen molar-refractivity contribution in [3.63, 3.8) is 0 Å². The predicted molar refractivity (Wildman–Crippen MR) is 81.0 cm³/mol. The molecule has 1 N–H and O–H groups in total. The molecule has 1 aliphatic heterocycles. The Labute approximate surface area is 129 Å². The number of benzene rings is 1. The molecule has 1 atom stereocenters. The highest BCUT2D eigenvalue weighted by Crippen LogP contribution is 2.35. The van der Waals surface area contributed by atoms with Gasteiger partial charge in [0.05, 0.1) is 16.1 Å². The Hall–Kier alpha value is -0.320. The molecule has 0 spiro atoms.